The lowest BCUT2D eigenvalue weighted by molar-refractivity contribution is 0.143. The van der Waals surface area contributed by atoms with Crippen LogP contribution in [0, 0.1) is 5.92 Å². The molecule has 25 heavy (non-hydrogen) atoms. The summed E-state index contributed by atoms with van der Waals surface area (Å²) in [5, 5.41) is 4.92. The smallest absolute Gasteiger partial charge is 0.0595 e. The maximum atomic E-state index is 6.25. The Morgan fingerprint density at radius 3 is 2.60 bits per heavy atom. The van der Waals surface area contributed by atoms with Crippen molar-refractivity contribution in [3.63, 3.8) is 0 Å². The first-order chi connectivity index (χ1) is 12.1. The fraction of sp³-hybridized carbons (Fsp3) is 0.714. The van der Waals surface area contributed by atoms with E-state index in [1.807, 2.05) is 13.0 Å². The predicted molar refractivity (Wildman–Crippen MR) is 109 cm³/mol. The summed E-state index contributed by atoms with van der Waals surface area (Å²) in [4.78, 5) is 0. The minimum Gasteiger partial charge on any atom is -0.382 e. The maximum absolute atomic E-state index is 6.25. The molecule has 0 radical (unpaired) electrons. The number of unbranched alkanes of at least 4 members (excludes halogenated alkanes) is 1. The van der Waals surface area contributed by atoms with Crippen molar-refractivity contribution in [2.75, 3.05) is 26.3 Å². The Kier molecular flexibility index (Phi) is 9.06. The Hall–Kier alpha value is -0.280. The zero-order valence-corrected chi connectivity index (χ0v) is 17.3. The van der Waals surface area contributed by atoms with E-state index in [0.29, 0.717) is 21.4 Å². The normalized spacial score (nSPS) is 17.3. The molecule has 1 N–H and O–H groups in total. The molecule has 0 amide bonds. The molecule has 0 bridgehead atoms. The highest BCUT2D eigenvalue weighted by Crippen LogP contribution is 2.49. The van der Waals surface area contributed by atoms with Crippen molar-refractivity contribution >= 4 is 23.2 Å². The fourth-order valence-corrected chi connectivity index (χ4v) is 4.18. The zero-order chi connectivity index (χ0) is 18.1. The van der Waals surface area contributed by atoms with Crippen molar-refractivity contribution in [3.05, 3.63) is 33.8 Å². The summed E-state index contributed by atoms with van der Waals surface area (Å²) in [6.45, 7) is 8.35. The van der Waals surface area contributed by atoms with Crippen molar-refractivity contribution in [2.24, 2.45) is 5.92 Å². The van der Waals surface area contributed by atoms with Crippen LogP contribution in [0.2, 0.25) is 10.0 Å². The molecule has 0 heterocycles. The van der Waals surface area contributed by atoms with Gasteiger partial charge in [0.25, 0.3) is 0 Å². The standard InChI is InChI=1S/C21H33Cl2NO/c1-3-25-14-5-4-12-24-13-9-17(2)16-21(10-6-11-21)18-7-8-19(22)20(23)15-18/h7-8,15,17,24H,3-6,9-14,16H2,1-2H3. The Labute approximate surface area is 163 Å². The van der Waals surface area contributed by atoms with Crippen molar-refractivity contribution in [3.8, 4) is 0 Å². The van der Waals surface area contributed by atoms with E-state index in [4.69, 9.17) is 27.9 Å². The van der Waals surface area contributed by atoms with Gasteiger partial charge in [0.2, 0.25) is 0 Å². The van der Waals surface area contributed by atoms with E-state index in [9.17, 15) is 0 Å². The number of halogens is 2. The lowest BCUT2D eigenvalue weighted by Crippen LogP contribution is -2.36. The molecule has 0 spiro atoms. The van der Waals surface area contributed by atoms with E-state index in [1.165, 1.54) is 44.1 Å². The molecular formula is C21H33Cl2NO. The molecule has 2 nitrogen and oxygen atoms in total. The van der Waals surface area contributed by atoms with Crippen LogP contribution in [0.3, 0.4) is 0 Å². The lowest BCUT2D eigenvalue weighted by atomic mass is 9.60. The van der Waals surface area contributed by atoms with Crippen LogP contribution in [0.15, 0.2) is 18.2 Å². The topological polar surface area (TPSA) is 21.3 Å². The molecule has 4 heteroatoms. The molecule has 0 aromatic heterocycles. The number of hydrogen-bond acceptors (Lipinski definition) is 2. The van der Waals surface area contributed by atoms with Crippen LogP contribution in [-0.2, 0) is 10.2 Å². The average Bonchev–Trinajstić information content (AvgIpc) is 2.56. The largest absolute Gasteiger partial charge is 0.382 e. The van der Waals surface area contributed by atoms with Crippen LogP contribution in [0.4, 0.5) is 0 Å². The molecule has 0 aliphatic heterocycles. The highest BCUT2D eigenvalue weighted by atomic mass is 35.5. The van der Waals surface area contributed by atoms with Crippen LogP contribution >= 0.6 is 23.2 Å². The van der Waals surface area contributed by atoms with Crippen LogP contribution in [0.25, 0.3) is 0 Å². The van der Waals surface area contributed by atoms with Gasteiger partial charge in [0, 0.05) is 13.2 Å². The van der Waals surface area contributed by atoms with Crippen LogP contribution < -0.4 is 5.32 Å². The van der Waals surface area contributed by atoms with Crippen molar-refractivity contribution in [2.45, 2.75) is 64.2 Å². The first-order valence-corrected chi connectivity index (χ1v) is 10.6. The number of rotatable bonds is 12. The SMILES string of the molecule is CCOCCCCNCCC(C)CC1(c2ccc(Cl)c(Cl)c2)CCC1. The highest BCUT2D eigenvalue weighted by Gasteiger charge is 2.39. The molecule has 1 aromatic carbocycles. The van der Waals surface area contributed by atoms with Crippen molar-refractivity contribution in [1.82, 2.24) is 5.32 Å². The van der Waals surface area contributed by atoms with Crippen molar-refractivity contribution < 1.29 is 4.74 Å². The molecular weight excluding hydrogens is 353 g/mol. The third-order valence-corrected chi connectivity index (χ3v) is 6.23. The monoisotopic (exact) mass is 385 g/mol. The van der Waals surface area contributed by atoms with Gasteiger partial charge in [-0.15, -0.1) is 0 Å². The van der Waals surface area contributed by atoms with E-state index in [-0.39, 0.29) is 0 Å². The molecule has 1 atom stereocenters. The van der Waals surface area contributed by atoms with Gasteiger partial charge < -0.3 is 10.1 Å². The second-order valence-corrected chi connectivity index (χ2v) is 8.33. The fourth-order valence-electron chi connectivity index (χ4n) is 3.88. The molecule has 1 saturated carbocycles. The van der Waals surface area contributed by atoms with Gasteiger partial charge in [0.1, 0.15) is 0 Å². The van der Waals surface area contributed by atoms with Gasteiger partial charge in [0.05, 0.1) is 10.0 Å². The summed E-state index contributed by atoms with van der Waals surface area (Å²) in [5.41, 5.74) is 1.70. The first kappa shape index (κ1) is 21.0. The average molecular weight is 386 g/mol. The third-order valence-electron chi connectivity index (χ3n) is 5.49. The van der Waals surface area contributed by atoms with Gasteiger partial charge in [-0.05, 0) is 87.6 Å². The molecule has 1 unspecified atom stereocenters. The van der Waals surface area contributed by atoms with E-state index >= 15 is 0 Å². The van der Waals surface area contributed by atoms with Gasteiger partial charge in [-0.3, -0.25) is 0 Å². The van der Waals surface area contributed by atoms with Gasteiger partial charge in [-0.1, -0.05) is 42.6 Å². The zero-order valence-electron chi connectivity index (χ0n) is 15.8. The Morgan fingerprint density at radius 1 is 1.16 bits per heavy atom. The third kappa shape index (κ3) is 6.43. The second-order valence-electron chi connectivity index (χ2n) is 7.51. The van der Waals surface area contributed by atoms with Crippen LogP contribution in [0.1, 0.15) is 64.4 Å². The van der Waals surface area contributed by atoms with Crippen LogP contribution in [0.5, 0.6) is 0 Å². The summed E-state index contributed by atoms with van der Waals surface area (Å²) >= 11 is 12.3. The van der Waals surface area contributed by atoms with Crippen LogP contribution in [-0.4, -0.2) is 26.3 Å². The predicted octanol–water partition coefficient (Wildman–Crippen LogP) is 6.24. The Morgan fingerprint density at radius 2 is 1.96 bits per heavy atom. The van der Waals surface area contributed by atoms with Gasteiger partial charge in [0.15, 0.2) is 0 Å². The second kappa shape index (κ2) is 10.8. The molecule has 0 saturated heterocycles. The molecule has 142 valence electrons. The van der Waals surface area contributed by atoms with E-state index in [2.05, 4.69) is 24.4 Å². The van der Waals surface area contributed by atoms with Gasteiger partial charge in [-0.25, -0.2) is 0 Å². The minimum absolute atomic E-state index is 0.325. The summed E-state index contributed by atoms with van der Waals surface area (Å²) < 4.78 is 5.36. The maximum Gasteiger partial charge on any atom is 0.0595 e. The molecule has 2 rings (SSSR count). The quantitative estimate of drug-likeness (QED) is 0.430. The Bertz CT molecular complexity index is 517. The number of benzene rings is 1. The molecule has 1 aliphatic carbocycles. The first-order valence-electron chi connectivity index (χ1n) is 9.81. The highest BCUT2D eigenvalue weighted by molar-refractivity contribution is 6.42. The molecule has 1 aliphatic rings. The summed E-state index contributed by atoms with van der Waals surface area (Å²) in [6.07, 6.45) is 8.70. The van der Waals surface area contributed by atoms with Gasteiger partial charge >= 0.3 is 0 Å². The molecule has 1 aromatic rings. The summed E-state index contributed by atoms with van der Waals surface area (Å²) in [6, 6.07) is 6.22. The van der Waals surface area contributed by atoms with E-state index in [0.717, 1.165) is 32.7 Å². The van der Waals surface area contributed by atoms with E-state index in [1.54, 1.807) is 0 Å². The van der Waals surface area contributed by atoms with E-state index < -0.39 is 0 Å². The minimum atomic E-state index is 0.325. The Balaban J connectivity index is 1.71. The number of hydrogen-bond donors (Lipinski definition) is 1. The van der Waals surface area contributed by atoms with Gasteiger partial charge in [-0.2, -0.15) is 0 Å². The number of nitrogens with one attached hydrogen (secondary N) is 1. The molecule has 1 fully saturated rings. The lowest BCUT2D eigenvalue weighted by Gasteiger charge is -2.44. The van der Waals surface area contributed by atoms with Crippen molar-refractivity contribution in [1.29, 1.82) is 0 Å². The summed E-state index contributed by atoms with van der Waals surface area (Å²) in [7, 11) is 0. The summed E-state index contributed by atoms with van der Waals surface area (Å²) in [5.74, 6) is 0.714. The number of ether oxygens (including phenoxy) is 1.